The topological polar surface area (TPSA) is 40.5 Å². The van der Waals surface area contributed by atoms with Crippen LogP contribution in [0.4, 0.5) is 5.69 Å². The highest BCUT2D eigenvalue weighted by Gasteiger charge is 2.46. The first kappa shape index (κ1) is 11.6. The van der Waals surface area contributed by atoms with E-state index in [1.165, 1.54) is 0 Å². The molecule has 0 aromatic heterocycles. The van der Waals surface area contributed by atoms with Crippen molar-refractivity contribution in [3.8, 4) is 0 Å². The van der Waals surface area contributed by atoms with Crippen molar-refractivity contribution in [2.75, 3.05) is 11.9 Å². The van der Waals surface area contributed by atoms with Crippen molar-refractivity contribution >= 4 is 34.9 Å². The molecule has 0 radical (unpaired) electrons. The number of rotatable bonds is 3. The fraction of sp³-hybridized carbons (Fsp3) is 0.364. The Kier molecular flexibility index (Phi) is 3.00. The van der Waals surface area contributed by atoms with Crippen LogP contribution in [0.1, 0.15) is 6.42 Å². The Hall–Kier alpha value is -0.930. The molecule has 86 valence electrons. The van der Waals surface area contributed by atoms with Gasteiger partial charge < -0.3 is 10.0 Å². The van der Waals surface area contributed by atoms with Crippen LogP contribution in [0.5, 0.6) is 0 Å². The summed E-state index contributed by atoms with van der Waals surface area (Å²) in [5.41, 5.74) is 0.819. The van der Waals surface area contributed by atoms with Crippen molar-refractivity contribution in [1.82, 2.24) is 0 Å². The second-order valence-electron chi connectivity index (χ2n) is 3.95. The molecule has 2 atom stereocenters. The summed E-state index contributed by atoms with van der Waals surface area (Å²) in [6.45, 7) is 0. The number of benzene rings is 1. The highest BCUT2D eigenvalue weighted by Crippen LogP contribution is 2.40. The summed E-state index contributed by atoms with van der Waals surface area (Å²) in [6.07, 6.45) is 0.671. The maximum atomic E-state index is 10.8. The van der Waals surface area contributed by atoms with Gasteiger partial charge in [0.05, 0.1) is 16.6 Å². The molecule has 0 aliphatic heterocycles. The third kappa shape index (κ3) is 2.11. The van der Waals surface area contributed by atoms with E-state index in [0.717, 1.165) is 5.69 Å². The largest absolute Gasteiger partial charge is 0.481 e. The van der Waals surface area contributed by atoms with Gasteiger partial charge in [-0.2, -0.15) is 0 Å². The van der Waals surface area contributed by atoms with Crippen LogP contribution in [0.25, 0.3) is 0 Å². The number of hydrogen-bond donors (Lipinski definition) is 1. The first-order valence-electron chi connectivity index (χ1n) is 4.91. The van der Waals surface area contributed by atoms with Gasteiger partial charge in [0.15, 0.2) is 0 Å². The molecule has 1 N–H and O–H groups in total. The fourth-order valence-electron chi connectivity index (χ4n) is 1.82. The van der Waals surface area contributed by atoms with Gasteiger partial charge in [-0.25, -0.2) is 0 Å². The molecule has 1 aliphatic rings. The van der Waals surface area contributed by atoms with E-state index in [1.54, 1.807) is 12.1 Å². The number of aliphatic carboxylic acids is 1. The second-order valence-corrected chi connectivity index (χ2v) is 4.80. The summed E-state index contributed by atoms with van der Waals surface area (Å²) in [5.74, 6) is -1.03. The van der Waals surface area contributed by atoms with Crippen LogP contribution in [0.15, 0.2) is 18.2 Å². The number of carboxylic acids is 1. The highest BCUT2D eigenvalue weighted by molar-refractivity contribution is 6.36. The molecule has 0 saturated heterocycles. The molecule has 3 nitrogen and oxygen atoms in total. The maximum absolute atomic E-state index is 10.8. The molecule has 1 saturated carbocycles. The van der Waals surface area contributed by atoms with E-state index < -0.39 is 5.97 Å². The van der Waals surface area contributed by atoms with Crippen molar-refractivity contribution in [2.45, 2.75) is 12.5 Å². The average molecular weight is 260 g/mol. The number of anilines is 1. The van der Waals surface area contributed by atoms with Gasteiger partial charge in [-0.1, -0.05) is 23.2 Å². The lowest BCUT2D eigenvalue weighted by atomic mass is 10.3. The maximum Gasteiger partial charge on any atom is 0.308 e. The van der Waals surface area contributed by atoms with Gasteiger partial charge in [0.1, 0.15) is 0 Å². The Labute approximate surface area is 104 Å². The molecule has 5 heteroatoms. The van der Waals surface area contributed by atoms with Crippen LogP contribution in [-0.2, 0) is 4.79 Å². The van der Waals surface area contributed by atoms with Gasteiger partial charge >= 0.3 is 5.97 Å². The van der Waals surface area contributed by atoms with Gasteiger partial charge in [0.25, 0.3) is 0 Å². The lowest BCUT2D eigenvalue weighted by molar-refractivity contribution is -0.138. The Morgan fingerprint density at radius 1 is 1.50 bits per heavy atom. The van der Waals surface area contributed by atoms with E-state index in [2.05, 4.69) is 0 Å². The van der Waals surface area contributed by atoms with E-state index in [1.807, 2.05) is 18.0 Å². The third-order valence-electron chi connectivity index (χ3n) is 2.86. The van der Waals surface area contributed by atoms with Crippen LogP contribution >= 0.6 is 23.2 Å². The molecule has 0 spiro atoms. The number of nitrogens with zero attached hydrogens (tertiary/aromatic N) is 1. The third-order valence-corrected chi connectivity index (χ3v) is 3.40. The zero-order valence-corrected chi connectivity index (χ0v) is 10.2. The Balaban J connectivity index is 2.16. The molecular weight excluding hydrogens is 249 g/mol. The predicted molar refractivity (Wildman–Crippen MR) is 64.4 cm³/mol. The summed E-state index contributed by atoms with van der Waals surface area (Å²) < 4.78 is 0. The molecule has 1 aromatic rings. The van der Waals surface area contributed by atoms with Crippen LogP contribution in [0.3, 0.4) is 0 Å². The van der Waals surface area contributed by atoms with Crippen LogP contribution in [-0.4, -0.2) is 24.2 Å². The van der Waals surface area contributed by atoms with Crippen molar-refractivity contribution in [3.63, 3.8) is 0 Å². The molecule has 0 amide bonds. The van der Waals surface area contributed by atoms with Crippen LogP contribution in [0.2, 0.25) is 10.0 Å². The SMILES string of the molecule is CN(c1ccc(Cl)cc1Cl)C1CC1C(=O)O. The van der Waals surface area contributed by atoms with Gasteiger partial charge in [0.2, 0.25) is 0 Å². The van der Waals surface area contributed by atoms with E-state index in [-0.39, 0.29) is 12.0 Å². The zero-order valence-electron chi connectivity index (χ0n) is 8.65. The van der Waals surface area contributed by atoms with Crippen LogP contribution in [0, 0.1) is 5.92 Å². The van der Waals surface area contributed by atoms with Crippen molar-refractivity contribution in [2.24, 2.45) is 5.92 Å². The van der Waals surface area contributed by atoms with Crippen molar-refractivity contribution < 1.29 is 9.90 Å². The van der Waals surface area contributed by atoms with Gasteiger partial charge in [0, 0.05) is 18.1 Å². The normalized spacial score (nSPS) is 22.9. The molecule has 1 aromatic carbocycles. The molecule has 16 heavy (non-hydrogen) atoms. The predicted octanol–water partition coefficient (Wildman–Crippen LogP) is 2.90. The summed E-state index contributed by atoms with van der Waals surface area (Å²) in [5, 5.41) is 9.98. The summed E-state index contributed by atoms with van der Waals surface area (Å²) >= 11 is 11.8. The first-order valence-corrected chi connectivity index (χ1v) is 5.67. The minimum atomic E-state index is -0.748. The van der Waals surface area contributed by atoms with Gasteiger partial charge in [-0.15, -0.1) is 0 Å². The van der Waals surface area contributed by atoms with E-state index >= 15 is 0 Å². The minimum absolute atomic E-state index is 0.0381. The smallest absolute Gasteiger partial charge is 0.308 e. The van der Waals surface area contributed by atoms with E-state index in [0.29, 0.717) is 16.5 Å². The fourth-order valence-corrected chi connectivity index (χ4v) is 2.36. The quantitative estimate of drug-likeness (QED) is 0.908. The highest BCUT2D eigenvalue weighted by atomic mass is 35.5. The number of halogens is 2. The van der Waals surface area contributed by atoms with E-state index in [9.17, 15) is 4.79 Å². The molecule has 1 aliphatic carbocycles. The Bertz CT molecular complexity index is 436. The molecule has 1 fully saturated rings. The summed E-state index contributed by atoms with van der Waals surface area (Å²) in [6, 6.07) is 5.25. The first-order chi connectivity index (χ1) is 7.50. The standard InChI is InChI=1S/C11H11Cl2NO2/c1-14(10-5-7(10)11(15)16)9-3-2-6(12)4-8(9)13/h2-4,7,10H,5H2,1H3,(H,15,16). The average Bonchev–Trinajstić information content (AvgIpc) is 2.96. The lowest BCUT2D eigenvalue weighted by Gasteiger charge is -2.20. The molecule has 2 rings (SSSR count). The molecule has 0 bridgehead atoms. The number of carbonyl (C=O) groups is 1. The molecule has 2 unspecified atom stereocenters. The lowest BCUT2D eigenvalue weighted by Crippen LogP contribution is -2.23. The van der Waals surface area contributed by atoms with Crippen LogP contribution < -0.4 is 4.90 Å². The number of hydrogen-bond acceptors (Lipinski definition) is 2. The van der Waals surface area contributed by atoms with Gasteiger partial charge in [-0.05, 0) is 24.6 Å². The second kappa shape index (κ2) is 4.15. The zero-order chi connectivity index (χ0) is 11.9. The number of carboxylic acid groups (broad SMARTS) is 1. The minimum Gasteiger partial charge on any atom is -0.481 e. The van der Waals surface area contributed by atoms with Gasteiger partial charge in [-0.3, -0.25) is 4.79 Å². The molecule has 0 heterocycles. The Morgan fingerprint density at radius 2 is 2.19 bits per heavy atom. The Morgan fingerprint density at radius 3 is 2.69 bits per heavy atom. The summed E-state index contributed by atoms with van der Waals surface area (Å²) in [7, 11) is 1.85. The molecular formula is C11H11Cl2NO2. The monoisotopic (exact) mass is 259 g/mol. The van der Waals surface area contributed by atoms with Crippen molar-refractivity contribution in [3.05, 3.63) is 28.2 Å². The van der Waals surface area contributed by atoms with Crippen molar-refractivity contribution in [1.29, 1.82) is 0 Å². The summed E-state index contributed by atoms with van der Waals surface area (Å²) in [4.78, 5) is 12.7. The van der Waals surface area contributed by atoms with E-state index in [4.69, 9.17) is 28.3 Å².